The molecule has 6 heteroatoms. The van der Waals surface area contributed by atoms with Gasteiger partial charge >= 0.3 is 6.09 Å². The zero-order chi connectivity index (χ0) is 15.5. The number of hydrogen-bond acceptors (Lipinski definition) is 5. The number of alkyl carbamates (subject to hydrolysis) is 1. The summed E-state index contributed by atoms with van der Waals surface area (Å²) < 4.78 is 5.28. The smallest absolute Gasteiger partial charge is 0.407 e. The van der Waals surface area contributed by atoms with Crippen LogP contribution in [0, 0.1) is 6.92 Å². The number of carbonyl (C=O) groups excluding carboxylic acids is 1. The number of nitrogens with zero attached hydrogens (tertiary/aromatic N) is 3. The highest BCUT2D eigenvalue weighted by molar-refractivity contribution is 5.68. The van der Waals surface area contributed by atoms with Crippen molar-refractivity contribution >= 4 is 12.0 Å². The van der Waals surface area contributed by atoms with E-state index in [2.05, 4.69) is 20.2 Å². The highest BCUT2D eigenvalue weighted by Gasteiger charge is 2.24. The number of aryl methyl sites for hydroxylation is 1. The zero-order valence-corrected chi connectivity index (χ0v) is 13.2. The summed E-state index contributed by atoms with van der Waals surface area (Å²) in [6.45, 7) is 9.23. The number of amides is 1. The SMILES string of the molecule is Cc1ccnc(N2CCC(NC(=O)OC(C)(C)C)CC2)n1. The molecule has 1 N–H and O–H groups in total. The van der Waals surface area contributed by atoms with Gasteiger partial charge in [0, 0.05) is 31.0 Å². The molecule has 21 heavy (non-hydrogen) atoms. The Balaban J connectivity index is 1.82. The fourth-order valence-corrected chi connectivity index (χ4v) is 2.29. The van der Waals surface area contributed by atoms with Crippen LogP contribution in [0.2, 0.25) is 0 Å². The van der Waals surface area contributed by atoms with Crippen molar-refractivity contribution in [3.8, 4) is 0 Å². The summed E-state index contributed by atoms with van der Waals surface area (Å²) in [7, 11) is 0. The van der Waals surface area contributed by atoms with Crippen LogP contribution in [0.1, 0.15) is 39.3 Å². The second-order valence-electron chi connectivity index (χ2n) is 6.41. The van der Waals surface area contributed by atoms with Crippen molar-refractivity contribution in [3.63, 3.8) is 0 Å². The topological polar surface area (TPSA) is 67.4 Å². The molecular formula is C15H24N4O2. The first-order valence-corrected chi connectivity index (χ1v) is 7.37. The lowest BCUT2D eigenvalue weighted by Gasteiger charge is -2.32. The standard InChI is InChI=1S/C15H24N4O2/c1-11-5-8-16-13(17-11)19-9-6-12(7-10-19)18-14(20)21-15(2,3)4/h5,8,12H,6-7,9-10H2,1-4H3,(H,18,20). The van der Waals surface area contributed by atoms with Crippen LogP contribution in [0.15, 0.2) is 12.3 Å². The first-order chi connectivity index (χ1) is 9.83. The average molecular weight is 292 g/mol. The molecule has 116 valence electrons. The molecule has 2 heterocycles. The lowest BCUT2D eigenvalue weighted by Crippen LogP contribution is -2.46. The molecule has 1 saturated heterocycles. The Bertz CT molecular complexity index is 491. The number of rotatable bonds is 2. The molecule has 0 saturated carbocycles. The summed E-state index contributed by atoms with van der Waals surface area (Å²) in [4.78, 5) is 22.6. The minimum atomic E-state index is -0.458. The third kappa shape index (κ3) is 4.88. The predicted molar refractivity (Wildman–Crippen MR) is 81.4 cm³/mol. The monoisotopic (exact) mass is 292 g/mol. The van der Waals surface area contributed by atoms with Crippen LogP contribution < -0.4 is 10.2 Å². The second kappa shape index (κ2) is 6.28. The van der Waals surface area contributed by atoms with Gasteiger partial charge in [-0.05, 0) is 46.6 Å². The van der Waals surface area contributed by atoms with Crippen molar-refractivity contribution in [3.05, 3.63) is 18.0 Å². The lowest BCUT2D eigenvalue weighted by atomic mass is 10.1. The summed E-state index contributed by atoms with van der Waals surface area (Å²) in [5, 5.41) is 2.93. The van der Waals surface area contributed by atoms with Gasteiger partial charge in [-0.15, -0.1) is 0 Å². The Hall–Kier alpha value is -1.85. The molecule has 0 radical (unpaired) electrons. The van der Waals surface area contributed by atoms with Crippen LogP contribution in [0.25, 0.3) is 0 Å². The molecule has 2 rings (SSSR count). The van der Waals surface area contributed by atoms with Crippen molar-refractivity contribution in [2.75, 3.05) is 18.0 Å². The fourth-order valence-electron chi connectivity index (χ4n) is 2.29. The molecule has 1 aliphatic rings. The normalized spacial score (nSPS) is 16.7. The number of aromatic nitrogens is 2. The van der Waals surface area contributed by atoms with Crippen molar-refractivity contribution in [1.82, 2.24) is 15.3 Å². The molecule has 0 spiro atoms. The number of piperidine rings is 1. The highest BCUT2D eigenvalue weighted by atomic mass is 16.6. The molecule has 1 aromatic rings. The van der Waals surface area contributed by atoms with E-state index in [1.165, 1.54) is 0 Å². The van der Waals surface area contributed by atoms with Gasteiger partial charge in [0.15, 0.2) is 0 Å². The minimum Gasteiger partial charge on any atom is -0.444 e. The number of hydrogen-bond donors (Lipinski definition) is 1. The zero-order valence-electron chi connectivity index (χ0n) is 13.2. The van der Waals surface area contributed by atoms with Crippen molar-refractivity contribution in [1.29, 1.82) is 0 Å². The molecule has 1 aromatic heterocycles. The van der Waals surface area contributed by atoms with Crippen LogP contribution in [0.5, 0.6) is 0 Å². The molecular weight excluding hydrogens is 268 g/mol. The Morgan fingerprint density at radius 3 is 2.62 bits per heavy atom. The maximum absolute atomic E-state index is 11.8. The lowest BCUT2D eigenvalue weighted by molar-refractivity contribution is 0.0497. The van der Waals surface area contributed by atoms with Gasteiger partial charge in [-0.3, -0.25) is 0 Å². The summed E-state index contributed by atoms with van der Waals surface area (Å²) in [5.41, 5.74) is 0.509. The Labute approximate surface area is 125 Å². The quantitative estimate of drug-likeness (QED) is 0.905. The molecule has 1 fully saturated rings. The first kappa shape index (κ1) is 15.5. The van der Waals surface area contributed by atoms with Gasteiger partial charge in [0.1, 0.15) is 5.60 Å². The van der Waals surface area contributed by atoms with Crippen molar-refractivity contribution < 1.29 is 9.53 Å². The van der Waals surface area contributed by atoms with Gasteiger partial charge in [-0.2, -0.15) is 0 Å². The highest BCUT2D eigenvalue weighted by Crippen LogP contribution is 2.16. The van der Waals surface area contributed by atoms with Crippen molar-refractivity contribution in [2.24, 2.45) is 0 Å². The van der Waals surface area contributed by atoms with Gasteiger partial charge < -0.3 is 15.0 Å². The van der Waals surface area contributed by atoms with Crippen LogP contribution in [-0.4, -0.2) is 40.8 Å². The maximum Gasteiger partial charge on any atom is 0.407 e. The average Bonchev–Trinajstić information content (AvgIpc) is 2.37. The van der Waals surface area contributed by atoms with E-state index in [0.717, 1.165) is 37.6 Å². The molecule has 0 unspecified atom stereocenters. The van der Waals surface area contributed by atoms with E-state index < -0.39 is 5.60 Å². The number of nitrogens with one attached hydrogen (secondary N) is 1. The third-order valence-corrected chi connectivity index (χ3v) is 3.28. The minimum absolute atomic E-state index is 0.154. The van der Waals surface area contributed by atoms with Gasteiger partial charge in [-0.1, -0.05) is 0 Å². The van der Waals surface area contributed by atoms with Gasteiger partial charge in [0.25, 0.3) is 0 Å². The molecule has 0 aromatic carbocycles. The number of ether oxygens (including phenoxy) is 1. The van der Waals surface area contributed by atoms with Crippen LogP contribution in [-0.2, 0) is 4.74 Å². The molecule has 0 bridgehead atoms. The third-order valence-electron chi connectivity index (χ3n) is 3.28. The van der Waals surface area contributed by atoms with E-state index in [9.17, 15) is 4.79 Å². The Kier molecular flexibility index (Phi) is 4.65. The summed E-state index contributed by atoms with van der Waals surface area (Å²) in [5.74, 6) is 0.769. The van der Waals surface area contributed by atoms with Crippen molar-refractivity contribution in [2.45, 2.75) is 52.2 Å². The molecule has 6 nitrogen and oxygen atoms in total. The van der Waals surface area contributed by atoms with E-state index in [-0.39, 0.29) is 12.1 Å². The largest absolute Gasteiger partial charge is 0.444 e. The van der Waals surface area contributed by atoms with E-state index >= 15 is 0 Å². The molecule has 0 atom stereocenters. The first-order valence-electron chi connectivity index (χ1n) is 7.37. The van der Waals surface area contributed by atoms with Gasteiger partial charge in [-0.25, -0.2) is 14.8 Å². The van der Waals surface area contributed by atoms with Crippen LogP contribution in [0.4, 0.5) is 10.7 Å². The Morgan fingerprint density at radius 2 is 2.05 bits per heavy atom. The predicted octanol–water partition coefficient (Wildman–Crippen LogP) is 2.28. The molecule has 1 aliphatic heterocycles. The second-order valence-corrected chi connectivity index (χ2v) is 6.41. The number of carbonyl (C=O) groups is 1. The van der Waals surface area contributed by atoms with E-state index in [1.807, 2.05) is 33.8 Å². The van der Waals surface area contributed by atoms with Crippen LogP contribution >= 0.6 is 0 Å². The summed E-state index contributed by atoms with van der Waals surface area (Å²) in [6.07, 6.45) is 3.18. The van der Waals surface area contributed by atoms with E-state index in [0.29, 0.717) is 0 Å². The van der Waals surface area contributed by atoms with Gasteiger partial charge in [0.2, 0.25) is 5.95 Å². The molecule has 1 amide bonds. The summed E-state index contributed by atoms with van der Waals surface area (Å²) in [6, 6.07) is 2.04. The Morgan fingerprint density at radius 1 is 1.38 bits per heavy atom. The van der Waals surface area contributed by atoms with Gasteiger partial charge in [0.05, 0.1) is 0 Å². The number of anilines is 1. The van der Waals surface area contributed by atoms with Crippen LogP contribution in [0.3, 0.4) is 0 Å². The summed E-state index contributed by atoms with van der Waals surface area (Å²) >= 11 is 0. The molecule has 0 aliphatic carbocycles. The fraction of sp³-hybridized carbons (Fsp3) is 0.667. The maximum atomic E-state index is 11.8. The van der Waals surface area contributed by atoms with E-state index in [4.69, 9.17) is 4.74 Å². The van der Waals surface area contributed by atoms with E-state index in [1.54, 1.807) is 6.20 Å².